The van der Waals surface area contributed by atoms with Crippen LogP contribution in [-0.4, -0.2) is 6.54 Å². The molecule has 2 aromatic rings. The Morgan fingerprint density at radius 1 is 1.30 bits per heavy atom. The molecule has 1 aromatic carbocycles. The number of hydrogen-bond acceptors (Lipinski definition) is 3. The Balaban J connectivity index is 2.01. The second-order valence-corrected chi connectivity index (χ2v) is 7.14. The lowest BCUT2D eigenvalue weighted by molar-refractivity contribution is 0.305. The van der Waals surface area contributed by atoms with Crippen molar-refractivity contribution in [2.24, 2.45) is 0 Å². The maximum atomic E-state index is 5.93. The van der Waals surface area contributed by atoms with Gasteiger partial charge in [-0.15, -0.1) is 11.3 Å². The van der Waals surface area contributed by atoms with Gasteiger partial charge in [0.2, 0.25) is 0 Å². The molecule has 0 aliphatic heterocycles. The number of halogens is 2. The van der Waals surface area contributed by atoms with E-state index in [1.807, 2.05) is 24.3 Å². The van der Waals surface area contributed by atoms with E-state index in [9.17, 15) is 0 Å². The van der Waals surface area contributed by atoms with Crippen LogP contribution >= 0.6 is 38.9 Å². The van der Waals surface area contributed by atoms with Crippen LogP contribution in [0.3, 0.4) is 0 Å². The van der Waals surface area contributed by atoms with Crippen LogP contribution in [0.5, 0.6) is 5.75 Å². The topological polar surface area (TPSA) is 21.3 Å². The van der Waals surface area contributed by atoms with Crippen molar-refractivity contribution in [2.45, 2.75) is 26.5 Å². The minimum Gasteiger partial charge on any atom is -0.488 e. The minimum absolute atomic E-state index is 0.555. The largest absolute Gasteiger partial charge is 0.488 e. The van der Waals surface area contributed by atoms with Crippen LogP contribution in [0.25, 0.3) is 0 Å². The monoisotopic (exact) mass is 373 g/mol. The second-order valence-electron chi connectivity index (χ2n) is 4.42. The highest BCUT2D eigenvalue weighted by molar-refractivity contribution is 9.10. The Morgan fingerprint density at radius 2 is 2.15 bits per heavy atom. The number of hydrogen-bond donors (Lipinski definition) is 1. The van der Waals surface area contributed by atoms with Crippen molar-refractivity contribution in [3.8, 4) is 5.75 Å². The summed E-state index contributed by atoms with van der Waals surface area (Å²) in [5.41, 5.74) is 1.16. The summed E-state index contributed by atoms with van der Waals surface area (Å²) in [6.07, 6.45) is 1.12. The Hall–Kier alpha value is -0.550. The summed E-state index contributed by atoms with van der Waals surface area (Å²) in [7, 11) is 0. The number of nitrogens with one attached hydrogen (secondary N) is 1. The zero-order valence-electron chi connectivity index (χ0n) is 11.3. The summed E-state index contributed by atoms with van der Waals surface area (Å²) in [5, 5.41) is 3.40. The van der Waals surface area contributed by atoms with E-state index in [4.69, 9.17) is 16.3 Å². The van der Waals surface area contributed by atoms with Gasteiger partial charge in [-0.05, 0) is 43.3 Å². The average molecular weight is 375 g/mol. The van der Waals surface area contributed by atoms with E-state index in [1.54, 1.807) is 11.3 Å². The zero-order chi connectivity index (χ0) is 14.4. The summed E-state index contributed by atoms with van der Waals surface area (Å²) in [5.74, 6) is 0.918. The predicted molar refractivity (Wildman–Crippen MR) is 89.8 cm³/mol. The van der Waals surface area contributed by atoms with Gasteiger partial charge in [-0.25, -0.2) is 0 Å². The molecule has 0 amide bonds. The molecule has 108 valence electrons. The third kappa shape index (κ3) is 4.77. The van der Waals surface area contributed by atoms with Gasteiger partial charge in [0, 0.05) is 21.5 Å². The molecule has 1 heterocycles. The molecular weight excluding hydrogens is 358 g/mol. The normalized spacial score (nSPS) is 10.8. The van der Waals surface area contributed by atoms with Gasteiger partial charge in [-0.2, -0.15) is 0 Å². The molecule has 0 spiro atoms. The van der Waals surface area contributed by atoms with E-state index in [1.165, 1.54) is 0 Å². The summed E-state index contributed by atoms with van der Waals surface area (Å²) in [6, 6.07) is 10.00. The molecule has 0 fully saturated rings. The zero-order valence-corrected chi connectivity index (χ0v) is 14.4. The van der Waals surface area contributed by atoms with Crippen LogP contribution in [0.4, 0.5) is 0 Å². The van der Waals surface area contributed by atoms with Crippen molar-refractivity contribution in [2.75, 3.05) is 6.54 Å². The van der Waals surface area contributed by atoms with Crippen molar-refractivity contribution < 1.29 is 4.74 Å². The van der Waals surface area contributed by atoms with Gasteiger partial charge >= 0.3 is 0 Å². The standard InChI is InChI=1S/C15H17BrClNOS/c1-2-7-18-9-11-8-12(16)3-5-14(11)19-10-13-4-6-15(17)20-13/h3-6,8,18H,2,7,9-10H2,1H3. The van der Waals surface area contributed by atoms with Gasteiger partial charge in [-0.1, -0.05) is 34.5 Å². The molecule has 0 bridgehead atoms. The fourth-order valence-corrected chi connectivity index (χ4v) is 3.21. The molecule has 1 aromatic heterocycles. The lowest BCUT2D eigenvalue weighted by atomic mass is 10.2. The maximum Gasteiger partial charge on any atom is 0.124 e. The molecule has 2 nitrogen and oxygen atoms in total. The van der Waals surface area contributed by atoms with Crippen LogP contribution in [0.1, 0.15) is 23.8 Å². The van der Waals surface area contributed by atoms with Gasteiger partial charge in [0.15, 0.2) is 0 Å². The first kappa shape index (κ1) is 15.8. The average Bonchev–Trinajstić information content (AvgIpc) is 2.84. The van der Waals surface area contributed by atoms with Crippen LogP contribution < -0.4 is 10.1 Å². The molecule has 1 N–H and O–H groups in total. The first-order valence-electron chi connectivity index (χ1n) is 6.55. The smallest absolute Gasteiger partial charge is 0.124 e. The number of thiophene rings is 1. The number of ether oxygens (including phenoxy) is 1. The Labute approximate surface area is 137 Å². The van der Waals surface area contributed by atoms with Crippen LogP contribution in [0.2, 0.25) is 4.34 Å². The summed E-state index contributed by atoms with van der Waals surface area (Å²) < 4.78 is 7.78. The van der Waals surface area contributed by atoms with Crippen LogP contribution in [0, 0.1) is 0 Å². The molecule has 5 heteroatoms. The van der Waals surface area contributed by atoms with Crippen molar-refractivity contribution >= 4 is 38.9 Å². The van der Waals surface area contributed by atoms with Crippen molar-refractivity contribution in [3.63, 3.8) is 0 Å². The molecule has 0 atom stereocenters. The molecule has 0 saturated carbocycles. The first-order chi connectivity index (χ1) is 9.69. The highest BCUT2D eigenvalue weighted by Gasteiger charge is 2.06. The maximum absolute atomic E-state index is 5.93. The van der Waals surface area contributed by atoms with E-state index < -0.39 is 0 Å². The van der Waals surface area contributed by atoms with Crippen molar-refractivity contribution in [1.29, 1.82) is 0 Å². The summed E-state index contributed by atoms with van der Waals surface area (Å²) in [4.78, 5) is 1.13. The predicted octanol–water partition coefficient (Wildman–Crippen LogP) is 5.24. The number of rotatable bonds is 7. The highest BCUT2D eigenvalue weighted by Crippen LogP contribution is 2.26. The minimum atomic E-state index is 0.555. The fraction of sp³-hybridized carbons (Fsp3) is 0.333. The summed E-state index contributed by atoms with van der Waals surface area (Å²) in [6.45, 7) is 4.53. The van der Waals surface area contributed by atoms with Crippen LogP contribution in [0.15, 0.2) is 34.8 Å². The van der Waals surface area contributed by atoms with Gasteiger partial charge in [0.05, 0.1) is 4.34 Å². The molecule has 0 saturated heterocycles. The van der Waals surface area contributed by atoms with Crippen LogP contribution in [-0.2, 0) is 13.2 Å². The van der Waals surface area contributed by atoms with Gasteiger partial charge in [0.1, 0.15) is 12.4 Å². The second kappa shape index (κ2) is 8.03. The molecular formula is C15H17BrClNOS. The van der Waals surface area contributed by atoms with E-state index in [-0.39, 0.29) is 0 Å². The molecule has 0 unspecified atom stereocenters. The third-order valence-electron chi connectivity index (χ3n) is 2.76. The van der Waals surface area contributed by atoms with E-state index in [0.29, 0.717) is 6.61 Å². The highest BCUT2D eigenvalue weighted by atomic mass is 79.9. The number of benzene rings is 1. The quantitative estimate of drug-likeness (QED) is 0.669. The Kier molecular flexibility index (Phi) is 6.36. The Morgan fingerprint density at radius 3 is 2.85 bits per heavy atom. The molecule has 20 heavy (non-hydrogen) atoms. The van der Waals surface area contributed by atoms with Gasteiger partial charge in [-0.3, -0.25) is 0 Å². The third-order valence-corrected chi connectivity index (χ3v) is 4.46. The SMILES string of the molecule is CCCNCc1cc(Br)ccc1OCc1ccc(Cl)s1. The van der Waals surface area contributed by atoms with E-state index in [0.717, 1.165) is 44.5 Å². The fourth-order valence-electron chi connectivity index (χ4n) is 1.81. The Bertz CT molecular complexity index is 559. The lowest BCUT2D eigenvalue weighted by Crippen LogP contribution is -2.14. The van der Waals surface area contributed by atoms with Crippen molar-refractivity contribution in [3.05, 3.63) is 49.6 Å². The lowest BCUT2D eigenvalue weighted by Gasteiger charge is -2.12. The summed E-state index contributed by atoms with van der Waals surface area (Å²) >= 11 is 11.0. The van der Waals surface area contributed by atoms with Gasteiger partial charge in [0.25, 0.3) is 0 Å². The molecule has 0 radical (unpaired) electrons. The molecule has 2 rings (SSSR count). The van der Waals surface area contributed by atoms with Crippen molar-refractivity contribution in [1.82, 2.24) is 5.32 Å². The molecule has 0 aliphatic carbocycles. The first-order valence-corrected chi connectivity index (χ1v) is 8.54. The molecule has 0 aliphatic rings. The van der Waals surface area contributed by atoms with Gasteiger partial charge < -0.3 is 10.1 Å². The van der Waals surface area contributed by atoms with E-state index >= 15 is 0 Å². The van der Waals surface area contributed by atoms with E-state index in [2.05, 4.69) is 34.2 Å².